The van der Waals surface area contributed by atoms with Crippen molar-refractivity contribution >= 4 is 22.6 Å². The molecule has 0 spiro atoms. The Morgan fingerprint density at radius 2 is 2.03 bits per heavy atom. The number of alkyl halides is 3. The van der Waals surface area contributed by atoms with E-state index in [0.717, 1.165) is 11.2 Å². The van der Waals surface area contributed by atoms with Crippen LogP contribution in [0.25, 0.3) is 0 Å². The molecular weight excluding hydrogens is 494 g/mol. The number of aromatic nitrogens is 2. The summed E-state index contributed by atoms with van der Waals surface area (Å²) in [6, 6.07) is 5.59. The van der Waals surface area contributed by atoms with Crippen LogP contribution in [0, 0.1) is 5.82 Å². The number of rotatable bonds is 9. The maximum absolute atomic E-state index is 14.1. The molecule has 0 aliphatic carbocycles. The molecule has 0 unspecified atom stereocenters. The van der Waals surface area contributed by atoms with Gasteiger partial charge in [-0.3, -0.25) is 9.80 Å². The molecule has 14 heteroatoms. The Hall–Kier alpha value is -3.26. The Morgan fingerprint density at radius 1 is 1.34 bits per heavy atom. The Morgan fingerprint density at radius 3 is 2.60 bits per heavy atom. The highest BCUT2D eigenvalue weighted by Gasteiger charge is 2.34. The molecule has 35 heavy (non-hydrogen) atoms. The van der Waals surface area contributed by atoms with Crippen molar-refractivity contribution in [2.45, 2.75) is 38.5 Å². The van der Waals surface area contributed by atoms with Crippen molar-refractivity contribution < 1.29 is 35.9 Å². The van der Waals surface area contributed by atoms with Crippen molar-refractivity contribution in [1.29, 1.82) is 0 Å². The van der Waals surface area contributed by atoms with E-state index in [0.29, 0.717) is 9.65 Å². The van der Waals surface area contributed by atoms with Crippen molar-refractivity contribution in [3.05, 3.63) is 64.2 Å². The zero-order chi connectivity index (χ0) is 26.0. The van der Waals surface area contributed by atoms with Gasteiger partial charge < -0.3 is 10.0 Å². The molecule has 2 heterocycles. The van der Waals surface area contributed by atoms with Crippen molar-refractivity contribution in [1.82, 2.24) is 19.1 Å². The second kappa shape index (κ2) is 10.2. The highest BCUT2D eigenvalue weighted by Crippen LogP contribution is 2.28. The number of allylic oxidation sites excluding steroid dienone is 1. The SMILES string of the molecule is C=NN(/C=C(\C)S(=O)(=O)n1cc2c(n1)CN(C(=O)[C@H](CO)c1ccccc1F)C2)CCC(F)(F)F. The van der Waals surface area contributed by atoms with Crippen molar-refractivity contribution in [3.63, 3.8) is 0 Å². The van der Waals surface area contributed by atoms with Gasteiger partial charge in [-0.05, 0) is 13.0 Å². The minimum absolute atomic E-state index is 0.0106. The van der Waals surface area contributed by atoms with E-state index in [2.05, 4.69) is 16.9 Å². The Labute approximate surface area is 199 Å². The molecule has 9 nitrogen and oxygen atoms in total. The third kappa shape index (κ3) is 5.88. The number of halogens is 4. The number of hydrazone groups is 1. The maximum Gasteiger partial charge on any atom is 0.390 e. The molecule has 1 N–H and O–H groups in total. The Balaban J connectivity index is 1.75. The zero-order valence-electron chi connectivity index (χ0n) is 18.6. The predicted molar refractivity (Wildman–Crippen MR) is 118 cm³/mol. The minimum atomic E-state index is -4.45. The summed E-state index contributed by atoms with van der Waals surface area (Å²) in [7, 11) is -4.22. The fraction of sp³-hybridized carbons (Fsp3) is 0.381. The Kier molecular flexibility index (Phi) is 7.65. The number of carbonyl (C=O) groups is 1. The lowest BCUT2D eigenvalue weighted by atomic mass is 9.98. The minimum Gasteiger partial charge on any atom is -0.395 e. The fourth-order valence-corrected chi connectivity index (χ4v) is 4.56. The summed E-state index contributed by atoms with van der Waals surface area (Å²) in [5, 5.41) is 17.9. The molecule has 1 aromatic heterocycles. The van der Waals surface area contributed by atoms with Gasteiger partial charge in [0.1, 0.15) is 5.82 Å². The molecule has 1 atom stereocenters. The monoisotopic (exact) mass is 517 g/mol. The number of aliphatic hydroxyl groups excluding tert-OH is 1. The summed E-state index contributed by atoms with van der Waals surface area (Å²) in [5.41, 5.74) is 0.760. The van der Waals surface area contributed by atoms with E-state index in [1.165, 1.54) is 36.2 Å². The summed E-state index contributed by atoms with van der Waals surface area (Å²) in [4.78, 5) is 13.9. The van der Waals surface area contributed by atoms with Gasteiger partial charge >= 0.3 is 6.18 Å². The van der Waals surface area contributed by atoms with E-state index in [1.54, 1.807) is 6.07 Å². The first-order valence-corrected chi connectivity index (χ1v) is 11.8. The van der Waals surface area contributed by atoms with Gasteiger partial charge in [-0.1, -0.05) is 18.2 Å². The van der Waals surface area contributed by atoms with E-state index in [9.17, 15) is 35.9 Å². The van der Waals surface area contributed by atoms with Gasteiger partial charge in [0.15, 0.2) is 0 Å². The largest absolute Gasteiger partial charge is 0.395 e. The number of hydrogen-bond donors (Lipinski definition) is 1. The molecule has 1 amide bonds. The predicted octanol–water partition coefficient (Wildman–Crippen LogP) is 2.55. The van der Waals surface area contributed by atoms with Crippen molar-refractivity contribution in [3.8, 4) is 0 Å². The van der Waals surface area contributed by atoms with E-state index in [1.807, 2.05) is 0 Å². The van der Waals surface area contributed by atoms with Crippen LogP contribution in [0.1, 0.15) is 36.1 Å². The second-order valence-corrected chi connectivity index (χ2v) is 9.81. The van der Waals surface area contributed by atoms with Gasteiger partial charge in [0.25, 0.3) is 10.0 Å². The van der Waals surface area contributed by atoms with E-state index in [4.69, 9.17) is 0 Å². The third-order valence-corrected chi connectivity index (χ3v) is 7.02. The molecule has 0 saturated heterocycles. The van der Waals surface area contributed by atoms with Gasteiger partial charge in [0.05, 0.1) is 36.1 Å². The number of hydrogen-bond acceptors (Lipinski definition) is 7. The molecule has 0 fully saturated rings. The van der Waals surface area contributed by atoms with Gasteiger partial charge in [-0.25, -0.2) is 4.39 Å². The number of carbonyl (C=O) groups excluding carboxylic acids is 1. The Bertz CT molecular complexity index is 1220. The first-order valence-electron chi connectivity index (χ1n) is 10.3. The summed E-state index contributed by atoms with van der Waals surface area (Å²) < 4.78 is 77.9. The van der Waals surface area contributed by atoms with Crippen LogP contribution in [-0.2, 0) is 27.9 Å². The van der Waals surface area contributed by atoms with Crippen LogP contribution < -0.4 is 0 Å². The van der Waals surface area contributed by atoms with Gasteiger partial charge in [-0.2, -0.15) is 35.9 Å². The molecule has 0 saturated carbocycles. The quantitative estimate of drug-likeness (QED) is 0.311. The highest BCUT2D eigenvalue weighted by atomic mass is 32.2. The number of aliphatic hydroxyl groups is 1. The molecule has 1 aliphatic heterocycles. The van der Waals surface area contributed by atoms with Crippen LogP contribution in [0.5, 0.6) is 0 Å². The first kappa shape index (κ1) is 26.3. The lowest BCUT2D eigenvalue weighted by molar-refractivity contribution is -0.137. The first-order chi connectivity index (χ1) is 16.4. The van der Waals surface area contributed by atoms with Crippen LogP contribution in [0.2, 0.25) is 0 Å². The summed E-state index contributed by atoms with van der Waals surface area (Å²) >= 11 is 0. The second-order valence-electron chi connectivity index (χ2n) is 7.84. The summed E-state index contributed by atoms with van der Waals surface area (Å²) in [6.07, 6.45) is -3.53. The number of benzene rings is 1. The zero-order valence-corrected chi connectivity index (χ0v) is 19.4. The number of fused-ring (bicyclic) bond motifs is 1. The lowest BCUT2D eigenvalue weighted by Crippen LogP contribution is -2.33. The maximum atomic E-state index is 14.1. The topological polar surface area (TPSA) is 108 Å². The highest BCUT2D eigenvalue weighted by molar-refractivity contribution is 7.93. The smallest absolute Gasteiger partial charge is 0.390 e. The van der Waals surface area contributed by atoms with Gasteiger partial charge in [0, 0.05) is 43.3 Å². The summed E-state index contributed by atoms with van der Waals surface area (Å²) in [5.74, 6) is -2.30. The van der Waals surface area contributed by atoms with E-state index >= 15 is 0 Å². The fourth-order valence-electron chi connectivity index (χ4n) is 3.54. The normalized spacial score (nSPS) is 15.1. The lowest BCUT2D eigenvalue weighted by Gasteiger charge is -2.22. The summed E-state index contributed by atoms with van der Waals surface area (Å²) in [6.45, 7) is 3.04. The molecule has 3 rings (SSSR count). The molecule has 0 radical (unpaired) electrons. The molecule has 1 aliphatic rings. The van der Waals surface area contributed by atoms with Crippen LogP contribution >= 0.6 is 0 Å². The standard InChI is InChI=1S/C21H23F4N5O4S/c1-14(9-29(26-2)8-7-21(23,24)25)35(33,34)30-11-15-10-28(12-19(15)27-30)20(32)17(13-31)16-5-3-4-6-18(16)22/h3-6,9,11,17,31H,2,7-8,10,12-13H2,1H3/b14-9+/t17-/m1/s1. The van der Waals surface area contributed by atoms with Crippen LogP contribution in [0.4, 0.5) is 17.6 Å². The van der Waals surface area contributed by atoms with E-state index < -0.39 is 53.4 Å². The van der Waals surface area contributed by atoms with Gasteiger partial charge in [-0.15, -0.1) is 0 Å². The molecule has 2 aromatic rings. The molecule has 190 valence electrons. The molecule has 0 bridgehead atoms. The average Bonchev–Trinajstić information content (AvgIpc) is 3.37. The van der Waals surface area contributed by atoms with Crippen LogP contribution in [-0.4, -0.2) is 64.6 Å². The third-order valence-electron chi connectivity index (χ3n) is 5.42. The number of amides is 1. The van der Waals surface area contributed by atoms with E-state index in [-0.39, 0.29) is 29.3 Å². The van der Waals surface area contributed by atoms with Gasteiger partial charge in [0.2, 0.25) is 5.91 Å². The number of nitrogens with zero attached hydrogens (tertiary/aromatic N) is 5. The average molecular weight is 518 g/mol. The molecule has 1 aromatic carbocycles. The van der Waals surface area contributed by atoms with Crippen molar-refractivity contribution in [2.24, 2.45) is 5.10 Å². The van der Waals surface area contributed by atoms with Crippen LogP contribution in [0.15, 0.2) is 46.7 Å². The van der Waals surface area contributed by atoms with Crippen LogP contribution in [0.3, 0.4) is 0 Å². The van der Waals surface area contributed by atoms with Crippen molar-refractivity contribution in [2.75, 3.05) is 13.2 Å². The molecular formula is C21H23F4N5O4S.